The minimum Gasteiger partial charge on any atom is -0.0616 e. The van der Waals surface area contributed by atoms with Gasteiger partial charge in [-0.05, 0) is 64.2 Å². The summed E-state index contributed by atoms with van der Waals surface area (Å²) in [6.07, 6.45) is 0. The molecular weight excluding hydrogens is 252 g/mol. The van der Waals surface area contributed by atoms with Crippen LogP contribution in [0.25, 0.3) is 32.3 Å². The lowest BCUT2D eigenvalue weighted by Crippen LogP contribution is -1.90. The third kappa shape index (κ3) is 1.69. The predicted molar refractivity (Wildman–Crippen MR) is 93.2 cm³/mol. The molecule has 0 N–H and O–H groups in total. The number of hydrogen-bond donors (Lipinski definition) is 0. The Morgan fingerprint density at radius 3 is 2.19 bits per heavy atom. The number of hydrogen-bond acceptors (Lipinski definition) is 0. The fourth-order valence-electron chi connectivity index (χ4n) is 3.56. The van der Waals surface area contributed by atoms with Gasteiger partial charge in [-0.25, -0.2) is 0 Å². The van der Waals surface area contributed by atoms with E-state index in [1.54, 1.807) is 0 Å². The zero-order chi connectivity index (χ0) is 14.6. The highest BCUT2D eigenvalue weighted by molar-refractivity contribution is 6.16. The summed E-state index contributed by atoms with van der Waals surface area (Å²) in [5.41, 5.74) is 4.10. The first-order valence-electron chi connectivity index (χ1n) is 7.48. The van der Waals surface area contributed by atoms with E-state index in [9.17, 15) is 0 Å². The third-order valence-electron chi connectivity index (χ3n) is 4.69. The molecule has 0 aliphatic rings. The van der Waals surface area contributed by atoms with E-state index in [2.05, 4.69) is 75.4 Å². The fourth-order valence-corrected chi connectivity index (χ4v) is 3.56. The van der Waals surface area contributed by atoms with Crippen LogP contribution in [-0.4, -0.2) is 0 Å². The normalized spacial score (nSPS) is 11.6. The first-order chi connectivity index (χ1) is 10.2. The molecule has 0 saturated heterocycles. The van der Waals surface area contributed by atoms with Gasteiger partial charge in [0.2, 0.25) is 0 Å². The summed E-state index contributed by atoms with van der Waals surface area (Å²) in [5, 5.41) is 8.22. The molecule has 4 aromatic carbocycles. The molecule has 0 bridgehead atoms. The van der Waals surface area contributed by atoms with Crippen molar-refractivity contribution in [3.63, 3.8) is 0 Å². The highest BCUT2D eigenvalue weighted by atomic mass is 14.1. The van der Waals surface area contributed by atoms with Gasteiger partial charge >= 0.3 is 0 Å². The summed E-state index contributed by atoms with van der Waals surface area (Å²) in [6.45, 7) is 6.67. The van der Waals surface area contributed by atoms with Gasteiger partial charge in [-0.15, -0.1) is 0 Å². The molecule has 0 atom stereocenters. The van der Waals surface area contributed by atoms with Crippen molar-refractivity contribution in [2.45, 2.75) is 20.8 Å². The number of fused-ring (bicyclic) bond motifs is 4. The van der Waals surface area contributed by atoms with Crippen molar-refractivity contribution in [2.24, 2.45) is 0 Å². The van der Waals surface area contributed by atoms with E-state index in [4.69, 9.17) is 0 Å². The van der Waals surface area contributed by atoms with Gasteiger partial charge in [-0.1, -0.05) is 60.2 Å². The topological polar surface area (TPSA) is 0 Å². The zero-order valence-corrected chi connectivity index (χ0v) is 12.7. The van der Waals surface area contributed by atoms with E-state index in [0.29, 0.717) is 0 Å². The molecule has 0 unspecified atom stereocenters. The number of rotatable bonds is 0. The van der Waals surface area contributed by atoms with Crippen LogP contribution in [0.4, 0.5) is 0 Å². The molecule has 4 rings (SSSR count). The van der Waals surface area contributed by atoms with E-state index < -0.39 is 0 Å². The summed E-state index contributed by atoms with van der Waals surface area (Å²) in [4.78, 5) is 0. The minimum atomic E-state index is 1.32. The molecule has 0 heteroatoms. The van der Waals surface area contributed by atoms with Crippen LogP contribution in [0, 0.1) is 20.8 Å². The lowest BCUT2D eigenvalue weighted by atomic mass is 9.89. The largest absolute Gasteiger partial charge is 0.0616 e. The van der Waals surface area contributed by atoms with E-state index >= 15 is 0 Å². The van der Waals surface area contributed by atoms with Crippen molar-refractivity contribution < 1.29 is 0 Å². The lowest BCUT2D eigenvalue weighted by Gasteiger charge is -2.14. The van der Waals surface area contributed by atoms with E-state index in [-0.39, 0.29) is 0 Å². The molecule has 0 fully saturated rings. The van der Waals surface area contributed by atoms with Gasteiger partial charge in [0.1, 0.15) is 0 Å². The van der Waals surface area contributed by atoms with Gasteiger partial charge in [0.25, 0.3) is 0 Å². The van der Waals surface area contributed by atoms with Crippen LogP contribution in [-0.2, 0) is 0 Å². The summed E-state index contributed by atoms with van der Waals surface area (Å²) in [6, 6.07) is 20.0. The van der Waals surface area contributed by atoms with Crippen LogP contribution in [0.15, 0.2) is 54.6 Å². The Labute approximate surface area is 125 Å². The van der Waals surface area contributed by atoms with Crippen LogP contribution in [0.1, 0.15) is 16.7 Å². The predicted octanol–water partition coefficient (Wildman–Crippen LogP) is 6.07. The van der Waals surface area contributed by atoms with Gasteiger partial charge in [-0.3, -0.25) is 0 Å². The lowest BCUT2D eigenvalue weighted by molar-refractivity contribution is 1.47. The first kappa shape index (κ1) is 12.4. The summed E-state index contributed by atoms with van der Waals surface area (Å²) >= 11 is 0. The fraction of sp³-hybridized carbons (Fsp3) is 0.143. The van der Waals surface area contributed by atoms with Gasteiger partial charge in [0, 0.05) is 0 Å². The smallest absolute Gasteiger partial charge is 0.00670 e. The molecule has 0 saturated carbocycles. The minimum absolute atomic E-state index is 1.32. The van der Waals surface area contributed by atoms with E-state index in [0.717, 1.165) is 0 Å². The Hall–Kier alpha value is -2.34. The molecule has 0 aliphatic heterocycles. The monoisotopic (exact) mass is 270 g/mol. The molecule has 0 radical (unpaired) electrons. The van der Waals surface area contributed by atoms with Crippen molar-refractivity contribution >= 4 is 32.3 Å². The highest BCUT2D eigenvalue weighted by Crippen LogP contribution is 2.36. The SMILES string of the molecule is Cc1ccc2c(C)c3ccc4ccccc4c3c(C)c2c1. The average molecular weight is 270 g/mol. The Morgan fingerprint density at radius 1 is 0.571 bits per heavy atom. The zero-order valence-electron chi connectivity index (χ0n) is 12.7. The van der Waals surface area contributed by atoms with Crippen LogP contribution in [0.3, 0.4) is 0 Å². The van der Waals surface area contributed by atoms with E-state index in [1.807, 2.05) is 0 Å². The maximum Gasteiger partial charge on any atom is -0.00670 e. The molecule has 21 heavy (non-hydrogen) atoms. The molecule has 0 heterocycles. The van der Waals surface area contributed by atoms with Gasteiger partial charge in [0.05, 0.1) is 0 Å². The average Bonchev–Trinajstić information content (AvgIpc) is 2.51. The molecule has 0 amide bonds. The molecule has 0 spiro atoms. The maximum atomic E-state index is 2.32. The molecule has 0 aliphatic carbocycles. The van der Waals surface area contributed by atoms with Crippen molar-refractivity contribution in [1.29, 1.82) is 0 Å². The molecule has 102 valence electrons. The maximum absolute atomic E-state index is 2.32. The van der Waals surface area contributed by atoms with Gasteiger partial charge in [0.15, 0.2) is 0 Å². The first-order valence-corrected chi connectivity index (χ1v) is 7.48. The van der Waals surface area contributed by atoms with Gasteiger partial charge in [-0.2, -0.15) is 0 Å². The van der Waals surface area contributed by atoms with Crippen LogP contribution < -0.4 is 0 Å². The number of benzene rings is 4. The number of aryl methyl sites for hydroxylation is 3. The van der Waals surface area contributed by atoms with Crippen molar-refractivity contribution in [3.05, 3.63) is 71.3 Å². The Balaban J connectivity index is 2.36. The summed E-state index contributed by atoms with van der Waals surface area (Å²) in [7, 11) is 0. The summed E-state index contributed by atoms with van der Waals surface area (Å²) in [5.74, 6) is 0. The second-order valence-corrected chi connectivity index (χ2v) is 6.01. The quantitative estimate of drug-likeness (QED) is 0.268. The molecule has 0 nitrogen and oxygen atoms in total. The molecular formula is C21H18. The Bertz CT molecular complexity index is 1010. The van der Waals surface area contributed by atoms with Crippen LogP contribution >= 0.6 is 0 Å². The second-order valence-electron chi connectivity index (χ2n) is 6.01. The highest BCUT2D eigenvalue weighted by Gasteiger charge is 2.11. The van der Waals surface area contributed by atoms with Crippen LogP contribution in [0.2, 0.25) is 0 Å². The van der Waals surface area contributed by atoms with Crippen molar-refractivity contribution in [1.82, 2.24) is 0 Å². The third-order valence-corrected chi connectivity index (χ3v) is 4.69. The van der Waals surface area contributed by atoms with E-state index in [1.165, 1.54) is 49.0 Å². The van der Waals surface area contributed by atoms with Crippen LogP contribution in [0.5, 0.6) is 0 Å². The second kappa shape index (κ2) is 4.33. The van der Waals surface area contributed by atoms with Crippen molar-refractivity contribution in [2.75, 3.05) is 0 Å². The molecule has 4 aromatic rings. The van der Waals surface area contributed by atoms with Gasteiger partial charge < -0.3 is 0 Å². The Morgan fingerprint density at radius 2 is 1.33 bits per heavy atom. The standard InChI is InChI=1S/C21H18/c1-13-8-10-17-14(2)18-11-9-16-6-4-5-7-19(16)21(18)15(3)20(17)12-13/h4-12H,1-3H3. The van der Waals surface area contributed by atoms with Crippen molar-refractivity contribution in [3.8, 4) is 0 Å². The summed E-state index contributed by atoms with van der Waals surface area (Å²) < 4.78 is 0. The molecule has 0 aromatic heterocycles. The Kier molecular flexibility index (Phi) is 2.56.